The summed E-state index contributed by atoms with van der Waals surface area (Å²) in [5, 5.41) is 21.4. The smallest absolute Gasteiger partial charge is 0.227 e. The van der Waals surface area contributed by atoms with Crippen LogP contribution in [0.1, 0.15) is 37.1 Å². The van der Waals surface area contributed by atoms with Crippen LogP contribution in [-0.4, -0.2) is 50.9 Å². The van der Waals surface area contributed by atoms with Gasteiger partial charge in [0.15, 0.2) is 5.82 Å². The monoisotopic (exact) mass is 375 g/mol. The molecule has 0 bridgehead atoms. The van der Waals surface area contributed by atoms with Crippen LogP contribution in [0.4, 0.5) is 5.95 Å². The molecule has 7 heteroatoms. The molecule has 0 spiro atoms. The molecule has 0 aliphatic carbocycles. The Kier molecular flexibility index (Phi) is 6.45. The van der Waals surface area contributed by atoms with Gasteiger partial charge in [-0.3, -0.25) is 9.47 Å². The molecule has 2 aromatic heterocycles. The zero-order valence-corrected chi connectivity index (χ0v) is 16.5. The average molecular weight is 376 g/mol. The highest BCUT2D eigenvalue weighted by Gasteiger charge is 2.25. The first-order chi connectivity index (χ1) is 12.6. The van der Waals surface area contributed by atoms with Gasteiger partial charge in [-0.25, -0.2) is 0 Å². The maximum Gasteiger partial charge on any atom is 0.227 e. The first-order valence-electron chi connectivity index (χ1n) is 9.30. The van der Waals surface area contributed by atoms with Crippen LogP contribution in [0.15, 0.2) is 30.2 Å². The van der Waals surface area contributed by atoms with Crippen LogP contribution in [0.2, 0.25) is 0 Å². The SMILES string of the molecule is C=CCn1c(C(O)CC(C)C)nnc1N1CCN(Cc2cccs2)CC1. The molecule has 1 aliphatic heterocycles. The van der Waals surface area contributed by atoms with E-state index in [0.29, 0.717) is 24.7 Å². The van der Waals surface area contributed by atoms with E-state index in [1.54, 1.807) is 0 Å². The van der Waals surface area contributed by atoms with Crippen molar-refractivity contribution in [3.63, 3.8) is 0 Å². The maximum atomic E-state index is 10.5. The van der Waals surface area contributed by atoms with E-state index in [4.69, 9.17) is 0 Å². The highest BCUT2D eigenvalue weighted by Crippen LogP contribution is 2.24. The number of allylic oxidation sites excluding steroid dienone is 1. The van der Waals surface area contributed by atoms with E-state index in [0.717, 1.165) is 38.7 Å². The van der Waals surface area contributed by atoms with Crippen LogP contribution >= 0.6 is 11.3 Å². The standard InChI is InChI=1S/C19H29N5OS/c1-4-7-24-18(17(25)13-15(2)3)20-21-19(24)23-10-8-22(9-11-23)14-16-6-5-12-26-16/h4-6,12,15,17,25H,1,7-11,13-14H2,2-3H3. The van der Waals surface area contributed by atoms with Gasteiger partial charge in [0.1, 0.15) is 6.10 Å². The fraction of sp³-hybridized carbons (Fsp3) is 0.579. The van der Waals surface area contributed by atoms with Gasteiger partial charge in [-0.2, -0.15) is 0 Å². The molecule has 0 radical (unpaired) electrons. The van der Waals surface area contributed by atoms with Crippen LogP contribution in [0.25, 0.3) is 0 Å². The Hall–Kier alpha value is -1.70. The topological polar surface area (TPSA) is 57.4 Å². The lowest BCUT2D eigenvalue weighted by molar-refractivity contribution is 0.137. The summed E-state index contributed by atoms with van der Waals surface area (Å²) >= 11 is 1.81. The maximum absolute atomic E-state index is 10.5. The Bertz CT molecular complexity index is 689. The molecule has 2 aromatic rings. The molecule has 1 fully saturated rings. The Balaban J connectivity index is 1.67. The molecule has 3 heterocycles. The third-order valence-electron chi connectivity index (χ3n) is 4.68. The van der Waals surface area contributed by atoms with Crippen molar-refractivity contribution in [1.29, 1.82) is 0 Å². The molecular formula is C19H29N5OS. The first-order valence-corrected chi connectivity index (χ1v) is 10.2. The van der Waals surface area contributed by atoms with Crippen molar-refractivity contribution in [3.05, 3.63) is 40.9 Å². The van der Waals surface area contributed by atoms with Gasteiger partial charge in [0.2, 0.25) is 5.95 Å². The number of thiophene rings is 1. The lowest BCUT2D eigenvalue weighted by atomic mass is 10.1. The summed E-state index contributed by atoms with van der Waals surface area (Å²) in [5.41, 5.74) is 0. The number of aliphatic hydroxyl groups excluding tert-OH is 1. The number of anilines is 1. The number of aromatic nitrogens is 3. The third-order valence-corrected chi connectivity index (χ3v) is 5.54. The summed E-state index contributed by atoms with van der Waals surface area (Å²) in [6, 6.07) is 4.30. The Morgan fingerprint density at radius 1 is 1.27 bits per heavy atom. The van der Waals surface area contributed by atoms with Crippen molar-refractivity contribution in [2.45, 2.75) is 39.5 Å². The van der Waals surface area contributed by atoms with Gasteiger partial charge < -0.3 is 10.0 Å². The van der Waals surface area contributed by atoms with E-state index in [-0.39, 0.29) is 0 Å². The van der Waals surface area contributed by atoms with Crippen molar-refractivity contribution in [3.8, 4) is 0 Å². The normalized spacial score (nSPS) is 17.0. The molecule has 26 heavy (non-hydrogen) atoms. The summed E-state index contributed by atoms with van der Waals surface area (Å²) in [5.74, 6) is 1.90. The molecule has 0 aromatic carbocycles. The Morgan fingerprint density at radius 3 is 2.65 bits per heavy atom. The number of piperazine rings is 1. The van der Waals surface area contributed by atoms with E-state index in [9.17, 15) is 5.11 Å². The minimum Gasteiger partial charge on any atom is -0.385 e. The lowest BCUT2D eigenvalue weighted by Crippen LogP contribution is -2.46. The zero-order chi connectivity index (χ0) is 18.5. The Labute approximate surface area is 159 Å². The number of aliphatic hydroxyl groups is 1. The van der Waals surface area contributed by atoms with E-state index in [2.05, 4.69) is 57.9 Å². The fourth-order valence-electron chi connectivity index (χ4n) is 3.37. The van der Waals surface area contributed by atoms with Gasteiger partial charge in [-0.15, -0.1) is 28.1 Å². The lowest BCUT2D eigenvalue weighted by Gasteiger charge is -2.35. The average Bonchev–Trinajstić information content (AvgIpc) is 3.25. The van der Waals surface area contributed by atoms with Crippen molar-refractivity contribution in [2.75, 3.05) is 31.1 Å². The zero-order valence-electron chi connectivity index (χ0n) is 15.7. The number of rotatable bonds is 8. The third kappa shape index (κ3) is 4.52. The molecule has 0 saturated carbocycles. The molecular weight excluding hydrogens is 346 g/mol. The predicted octanol–water partition coefficient (Wildman–Crippen LogP) is 2.93. The largest absolute Gasteiger partial charge is 0.385 e. The van der Waals surface area contributed by atoms with Gasteiger partial charge in [0, 0.05) is 44.1 Å². The fourth-order valence-corrected chi connectivity index (χ4v) is 4.12. The molecule has 1 unspecified atom stereocenters. The second kappa shape index (κ2) is 8.79. The molecule has 3 rings (SSSR count). The summed E-state index contributed by atoms with van der Waals surface area (Å²) in [6.45, 7) is 13.5. The second-order valence-electron chi connectivity index (χ2n) is 7.25. The number of hydrogen-bond acceptors (Lipinski definition) is 6. The van der Waals surface area contributed by atoms with Crippen LogP contribution < -0.4 is 4.90 Å². The van der Waals surface area contributed by atoms with Crippen molar-refractivity contribution >= 4 is 17.3 Å². The molecule has 142 valence electrons. The van der Waals surface area contributed by atoms with Crippen LogP contribution in [-0.2, 0) is 13.1 Å². The molecule has 1 N–H and O–H groups in total. The Morgan fingerprint density at radius 2 is 2.04 bits per heavy atom. The van der Waals surface area contributed by atoms with Crippen LogP contribution in [0, 0.1) is 5.92 Å². The molecule has 1 saturated heterocycles. The van der Waals surface area contributed by atoms with Gasteiger partial charge >= 0.3 is 0 Å². The highest BCUT2D eigenvalue weighted by molar-refractivity contribution is 7.09. The number of hydrogen-bond donors (Lipinski definition) is 1. The van der Waals surface area contributed by atoms with E-state index >= 15 is 0 Å². The van der Waals surface area contributed by atoms with Crippen LogP contribution in [0.3, 0.4) is 0 Å². The second-order valence-corrected chi connectivity index (χ2v) is 8.28. The predicted molar refractivity (Wildman–Crippen MR) is 106 cm³/mol. The van der Waals surface area contributed by atoms with Gasteiger partial charge in [-0.05, 0) is 23.8 Å². The van der Waals surface area contributed by atoms with Crippen molar-refractivity contribution in [2.24, 2.45) is 5.92 Å². The van der Waals surface area contributed by atoms with E-state index in [1.165, 1.54) is 4.88 Å². The van der Waals surface area contributed by atoms with E-state index < -0.39 is 6.10 Å². The van der Waals surface area contributed by atoms with Crippen molar-refractivity contribution < 1.29 is 5.11 Å². The van der Waals surface area contributed by atoms with Crippen molar-refractivity contribution in [1.82, 2.24) is 19.7 Å². The quantitative estimate of drug-likeness (QED) is 0.719. The van der Waals surface area contributed by atoms with Gasteiger partial charge in [0.05, 0.1) is 0 Å². The minimum atomic E-state index is -0.587. The molecule has 1 atom stereocenters. The molecule has 6 nitrogen and oxygen atoms in total. The molecule has 0 amide bonds. The van der Waals surface area contributed by atoms with E-state index in [1.807, 2.05) is 22.0 Å². The summed E-state index contributed by atoms with van der Waals surface area (Å²) in [4.78, 5) is 6.16. The number of nitrogens with zero attached hydrogens (tertiary/aromatic N) is 5. The first kappa shape index (κ1) is 19.1. The summed E-state index contributed by atoms with van der Waals surface area (Å²) in [7, 11) is 0. The minimum absolute atomic E-state index is 0.406. The highest BCUT2D eigenvalue weighted by atomic mass is 32.1. The summed E-state index contributed by atoms with van der Waals surface area (Å²) < 4.78 is 2.01. The molecule has 1 aliphatic rings. The van der Waals surface area contributed by atoms with Gasteiger partial charge in [0.25, 0.3) is 0 Å². The van der Waals surface area contributed by atoms with Crippen LogP contribution in [0.5, 0.6) is 0 Å². The summed E-state index contributed by atoms with van der Waals surface area (Å²) in [6.07, 6.45) is 1.94. The van der Waals surface area contributed by atoms with Gasteiger partial charge in [-0.1, -0.05) is 26.0 Å².